The van der Waals surface area contributed by atoms with Crippen LogP contribution in [-0.2, 0) is 10.9 Å². The molecule has 2 aromatic rings. The van der Waals surface area contributed by atoms with Crippen molar-refractivity contribution in [2.45, 2.75) is 19.2 Å². The molecule has 3 nitrogen and oxygen atoms in total. The Hall–Kier alpha value is -2.63. The molecule has 2 rings (SSSR count). The van der Waals surface area contributed by atoms with E-state index >= 15 is 0 Å². The van der Waals surface area contributed by atoms with E-state index in [9.17, 15) is 22.8 Å². The van der Waals surface area contributed by atoms with E-state index in [1.807, 2.05) is 0 Å². The third kappa shape index (κ3) is 4.18. The molecule has 0 amide bonds. The van der Waals surface area contributed by atoms with Gasteiger partial charge in [-0.05, 0) is 25.1 Å². The largest absolute Gasteiger partial charge is 0.451 e. The standard InChI is InChI=1S/C17H13F3O3/c1-11(15(21)12-6-3-2-4-7-12)23-16(22)13-8-5-9-14(10-13)17(18,19)20/h2-11H,1H3. The van der Waals surface area contributed by atoms with Crippen molar-refractivity contribution in [2.75, 3.05) is 0 Å². The highest BCUT2D eigenvalue weighted by Crippen LogP contribution is 2.29. The number of ketones is 1. The van der Waals surface area contributed by atoms with E-state index in [-0.39, 0.29) is 5.56 Å². The van der Waals surface area contributed by atoms with E-state index in [1.54, 1.807) is 30.3 Å². The van der Waals surface area contributed by atoms with Gasteiger partial charge in [-0.3, -0.25) is 4.79 Å². The number of hydrogen-bond donors (Lipinski definition) is 0. The van der Waals surface area contributed by atoms with Crippen molar-refractivity contribution < 1.29 is 27.5 Å². The highest BCUT2D eigenvalue weighted by molar-refractivity contribution is 6.01. The lowest BCUT2D eigenvalue weighted by atomic mass is 10.1. The van der Waals surface area contributed by atoms with Crippen molar-refractivity contribution in [3.63, 3.8) is 0 Å². The molecule has 0 aliphatic carbocycles. The fraction of sp³-hybridized carbons (Fsp3) is 0.176. The molecule has 0 aromatic heterocycles. The average molecular weight is 322 g/mol. The Morgan fingerprint density at radius 3 is 2.17 bits per heavy atom. The van der Waals surface area contributed by atoms with Crippen LogP contribution in [0.5, 0.6) is 0 Å². The number of halogens is 3. The molecule has 0 aliphatic rings. The minimum Gasteiger partial charge on any atom is -0.451 e. The second kappa shape index (κ2) is 6.64. The van der Waals surface area contributed by atoms with Gasteiger partial charge in [-0.1, -0.05) is 36.4 Å². The van der Waals surface area contributed by atoms with Gasteiger partial charge in [0.2, 0.25) is 5.78 Å². The lowest BCUT2D eigenvalue weighted by Crippen LogP contribution is -2.24. The summed E-state index contributed by atoms with van der Waals surface area (Å²) in [6.45, 7) is 1.38. The summed E-state index contributed by atoms with van der Waals surface area (Å²) in [5, 5.41) is 0. The zero-order chi connectivity index (χ0) is 17.0. The molecule has 23 heavy (non-hydrogen) atoms. The Kier molecular flexibility index (Phi) is 4.83. The molecule has 0 N–H and O–H groups in total. The molecular formula is C17H13F3O3. The van der Waals surface area contributed by atoms with E-state index < -0.39 is 29.6 Å². The monoisotopic (exact) mass is 322 g/mol. The summed E-state index contributed by atoms with van der Waals surface area (Å²) in [5.41, 5.74) is -0.849. The molecule has 0 spiro atoms. The van der Waals surface area contributed by atoms with Crippen molar-refractivity contribution in [2.24, 2.45) is 0 Å². The molecular weight excluding hydrogens is 309 g/mol. The summed E-state index contributed by atoms with van der Waals surface area (Å²) < 4.78 is 42.9. The first kappa shape index (κ1) is 16.7. The van der Waals surface area contributed by atoms with Gasteiger partial charge in [0.05, 0.1) is 11.1 Å². The van der Waals surface area contributed by atoms with Gasteiger partial charge in [0.1, 0.15) is 0 Å². The smallest absolute Gasteiger partial charge is 0.416 e. The van der Waals surface area contributed by atoms with E-state index in [1.165, 1.54) is 13.0 Å². The molecule has 0 bridgehead atoms. The van der Waals surface area contributed by atoms with Crippen LogP contribution in [0.1, 0.15) is 33.2 Å². The van der Waals surface area contributed by atoms with Gasteiger partial charge >= 0.3 is 12.1 Å². The van der Waals surface area contributed by atoms with Crippen molar-refractivity contribution in [1.82, 2.24) is 0 Å². The SMILES string of the molecule is CC(OC(=O)c1cccc(C(F)(F)F)c1)C(=O)c1ccccc1. The highest BCUT2D eigenvalue weighted by atomic mass is 19.4. The first-order chi connectivity index (χ1) is 10.8. The van der Waals surface area contributed by atoms with Gasteiger partial charge < -0.3 is 4.74 Å². The minimum absolute atomic E-state index is 0.257. The molecule has 0 saturated heterocycles. The molecule has 0 radical (unpaired) electrons. The summed E-state index contributed by atoms with van der Waals surface area (Å²) >= 11 is 0. The Morgan fingerprint density at radius 2 is 1.57 bits per heavy atom. The number of rotatable bonds is 4. The summed E-state index contributed by atoms with van der Waals surface area (Å²) in [6, 6.07) is 12.1. The lowest BCUT2D eigenvalue weighted by Gasteiger charge is -2.13. The number of alkyl halides is 3. The van der Waals surface area contributed by atoms with Gasteiger partial charge in [0.25, 0.3) is 0 Å². The molecule has 1 unspecified atom stereocenters. The van der Waals surface area contributed by atoms with E-state index in [4.69, 9.17) is 4.74 Å². The number of esters is 1. The molecule has 2 aromatic carbocycles. The second-order valence-electron chi connectivity index (χ2n) is 4.86. The normalized spacial score (nSPS) is 12.5. The van der Waals surface area contributed by atoms with Crippen molar-refractivity contribution in [3.8, 4) is 0 Å². The zero-order valence-corrected chi connectivity index (χ0v) is 12.1. The number of benzene rings is 2. The predicted molar refractivity (Wildman–Crippen MR) is 77.1 cm³/mol. The van der Waals surface area contributed by atoms with Crippen molar-refractivity contribution in [3.05, 3.63) is 71.3 Å². The third-order valence-corrected chi connectivity index (χ3v) is 3.14. The summed E-state index contributed by atoms with van der Waals surface area (Å²) in [7, 11) is 0. The molecule has 0 fully saturated rings. The molecule has 120 valence electrons. The van der Waals surface area contributed by atoms with Crippen LogP contribution in [0.3, 0.4) is 0 Å². The Balaban J connectivity index is 2.11. The van der Waals surface area contributed by atoms with Crippen molar-refractivity contribution >= 4 is 11.8 Å². The molecule has 0 heterocycles. The van der Waals surface area contributed by atoms with Crippen LogP contribution in [0, 0.1) is 0 Å². The Morgan fingerprint density at radius 1 is 0.957 bits per heavy atom. The first-order valence-corrected chi connectivity index (χ1v) is 6.76. The number of Topliss-reactive ketones (excluding diaryl/α,β-unsaturated/α-hetero) is 1. The van der Waals surface area contributed by atoms with E-state index in [2.05, 4.69) is 0 Å². The maximum absolute atomic E-state index is 12.6. The number of carbonyl (C=O) groups is 2. The van der Waals surface area contributed by atoms with Crippen LogP contribution in [-0.4, -0.2) is 17.9 Å². The van der Waals surface area contributed by atoms with Gasteiger partial charge in [0, 0.05) is 5.56 Å². The minimum atomic E-state index is -4.55. The Labute approximate surface area is 130 Å². The van der Waals surface area contributed by atoms with Crippen LogP contribution < -0.4 is 0 Å². The molecule has 1 atom stereocenters. The molecule has 0 saturated carbocycles. The van der Waals surface area contributed by atoms with Crippen LogP contribution >= 0.6 is 0 Å². The maximum Gasteiger partial charge on any atom is 0.416 e. The number of hydrogen-bond acceptors (Lipinski definition) is 3. The summed E-state index contributed by atoms with van der Waals surface area (Å²) in [4.78, 5) is 24.0. The van der Waals surface area contributed by atoms with Crippen LogP contribution in [0.4, 0.5) is 13.2 Å². The van der Waals surface area contributed by atoms with Crippen molar-refractivity contribution in [1.29, 1.82) is 0 Å². The van der Waals surface area contributed by atoms with Gasteiger partial charge in [-0.2, -0.15) is 13.2 Å². The molecule has 6 heteroatoms. The van der Waals surface area contributed by atoms with Crippen LogP contribution in [0.15, 0.2) is 54.6 Å². The quantitative estimate of drug-likeness (QED) is 0.628. The van der Waals surface area contributed by atoms with Gasteiger partial charge in [-0.15, -0.1) is 0 Å². The summed E-state index contributed by atoms with van der Waals surface area (Å²) in [6.07, 6.45) is -5.65. The Bertz CT molecular complexity index is 709. The summed E-state index contributed by atoms with van der Waals surface area (Å²) in [5.74, 6) is -1.40. The maximum atomic E-state index is 12.6. The number of carbonyl (C=O) groups excluding carboxylic acids is 2. The molecule has 0 aliphatic heterocycles. The first-order valence-electron chi connectivity index (χ1n) is 6.76. The topological polar surface area (TPSA) is 43.4 Å². The third-order valence-electron chi connectivity index (χ3n) is 3.14. The van der Waals surface area contributed by atoms with Gasteiger partial charge in [-0.25, -0.2) is 4.79 Å². The van der Waals surface area contributed by atoms with Crippen LogP contribution in [0.2, 0.25) is 0 Å². The fourth-order valence-corrected chi connectivity index (χ4v) is 1.94. The second-order valence-corrected chi connectivity index (χ2v) is 4.86. The van der Waals surface area contributed by atoms with Gasteiger partial charge in [0.15, 0.2) is 6.10 Å². The average Bonchev–Trinajstić information content (AvgIpc) is 2.54. The number of ether oxygens (including phenoxy) is 1. The van der Waals surface area contributed by atoms with Crippen LogP contribution in [0.25, 0.3) is 0 Å². The highest BCUT2D eigenvalue weighted by Gasteiger charge is 2.31. The zero-order valence-electron chi connectivity index (χ0n) is 12.1. The lowest BCUT2D eigenvalue weighted by molar-refractivity contribution is -0.137. The predicted octanol–water partition coefficient (Wildman–Crippen LogP) is 4.13. The fourth-order valence-electron chi connectivity index (χ4n) is 1.94. The van der Waals surface area contributed by atoms with E-state index in [0.717, 1.165) is 12.1 Å². The van der Waals surface area contributed by atoms with E-state index in [0.29, 0.717) is 11.6 Å².